The van der Waals surface area contributed by atoms with Gasteiger partial charge in [-0.2, -0.15) is 0 Å². The van der Waals surface area contributed by atoms with Crippen LogP contribution in [0.1, 0.15) is 45.1 Å². The number of rotatable bonds is 3. The molecule has 3 rings (SSSR count). The van der Waals surface area contributed by atoms with E-state index in [1.54, 1.807) is 38.2 Å². The number of furan rings is 1. The van der Waals surface area contributed by atoms with E-state index in [1.165, 1.54) is 0 Å². The Balaban J connectivity index is 1.69. The van der Waals surface area contributed by atoms with Crippen LogP contribution >= 0.6 is 0 Å². The Kier molecular flexibility index (Phi) is 4.50. The van der Waals surface area contributed by atoms with Crippen molar-refractivity contribution < 1.29 is 14.0 Å². The molecule has 0 unspecified atom stereocenters. The van der Waals surface area contributed by atoms with Gasteiger partial charge in [-0.3, -0.25) is 20.4 Å². The van der Waals surface area contributed by atoms with E-state index >= 15 is 0 Å². The number of hydrogen-bond acceptors (Lipinski definition) is 5. The fourth-order valence-corrected chi connectivity index (χ4v) is 2.86. The van der Waals surface area contributed by atoms with E-state index in [1.807, 2.05) is 0 Å². The SMILES string of the molecule is Cc1cc(C(=O)NNC(=O)c2cccnc2N2CCCC2)c(C)o1. The molecule has 2 aromatic heterocycles. The minimum absolute atomic E-state index is 0.392. The number of anilines is 1. The lowest BCUT2D eigenvalue weighted by atomic mass is 10.2. The van der Waals surface area contributed by atoms with Gasteiger partial charge in [0.25, 0.3) is 11.8 Å². The summed E-state index contributed by atoms with van der Waals surface area (Å²) in [5.41, 5.74) is 5.72. The number of nitrogens with one attached hydrogen (secondary N) is 2. The Morgan fingerprint density at radius 1 is 1.12 bits per heavy atom. The molecule has 0 aromatic carbocycles. The molecule has 2 aromatic rings. The topological polar surface area (TPSA) is 87.5 Å². The van der Waals surface area contributed by atoms with Gasteiger partial charge in [-0.15, -0.1) is 0 Å². The Bertz CT molecular complexity index is 763. The van der Waals surface area contributed by atoms with Gasteiger partial charge in [0.15, 0.2) is 0 Å². The summed E-state index contributed by atoms with van der Waals surface area (Å²) < 4.78 is 5.32. The van der Waals surface area contributed by atoms with Crippen LogP contribution in [0.3, 0.4) is 0 Å². The highest BCUT2D eigenvalue weighted by atomic mass is 16.3. The molecule has 2 N–H and O–H groups in total. The molecule has 7 nitrogen and oxygen atoms in total. The second-order valence-corrected chi connectivity index (χ2v) is 5.80. The van der Waals surface area contributed by atoms with Crippen LogP contribution in [0.15, 0.2) is 28.8 Å². The molecule has 0 saturated carbocycles. The van der Waals surface area contributed by atoms with Crippen LogP contribution in [0.2, 0.25) is 0 Å². The van der Waals surface area contributed by atoms with Crippen molar-refractivity contribution in [2.24, 2.45) is 0 Å². The van der Waals surface area contributed by atoms with E-state index in [0.717, 1.165) is 25.9 Å². The molecular weight excluding hydrogens is 308 g/mol. The van der Waals surface area contributed by atoms with Crippen molar-refractivity contribution in [3.8, 4) is 0 Å². The first-order valence-corrected chi connectivity index (χ1v) is 7.94. The summed E-state index contributed by atoms with van der Waals surface area (Å²) in [6, 6.07) is 5.05. The molecule has 0 bridgehead atoms. The van der Waals surface area contributed by atoms with Gasteiger partial charge in [-0.05, 0) is 44.9 Å². The third-order valence-electron chi connectivity index (χ3n) is 4.01. The molecule has 0 spiro atoms. The Hall–Kier alpha value is -2.83. The van der Waals surface area contributed by atoms with E-state index < -0.39 is 11.8 Å². The molecule has 3 heterocycles. The maximum atomic E-state index is 12.4. The lowest BCUT2D eigenvalue weighted by Gasteiger charge is -2.19. The van der Waals surface area contributed by atoms with Gasteiger partial charge in [0.2, 0.25) is 0 Å². The van der Waals surface area contributed by atoms with Gasteiger partial charge in [-0.25, -0.2) is 4.98 Å². The zero-order valence-electron chi connectivity index (χ0n) is 13.8. The maximum Gasteiger partial charge on any atom is 0.273 e. The Morgan fingerprint density at radius 2 is 1.79 bits per heavy atom. The Labute approximate surface area is 140 Å². The van der Waals surface area contributed by atoms with Crippen LogP contribution in [0.4, 0.5) is 5.82 Å². The second-order valence-electron chi connectivity index (χ2n) is 5.80. The predicted octanol–water partition coefficient (Wildman–Crippen LogP) is 1.97. The molecule has 0 radical (unpaired) electrons. The fraction of sp³-hybridized carbons (Fsp3) is 0.353. The van der Waals surface area contributed by atoms with Crippen molar-refractivity contribution in [1.29, 1.82) is 0 Å². The van der Waals surface area contributed by atoms with Crippen LogP contribution in [-0.4, -0.2) is 29.9 Å². The first kappa shape index (κ1) is 16.0. The molecular formula is C17H20N4O3. The number of nitrogens with zero attached hydrogens (tertiary/aromatic N) is 2. The molecule has 7 heteroatoms. The molecule has 24 heavy (non-hydrogen) atoms. The number of hydrogen-bond donors (Lipinski definition) is 2. The van der Waals surface area contributed by atoms with Gasteiger partial charge in [0.05, 0.1) is 11.1 Å². The van der Waals surface area contributed by atoms with Crippen LogP contribution in [0.5, 0.6) is 0 Å². The van der Waals surface area contributed by atoms with Crippen molar-refractivity contribution in [2.75, 3.05) is 18.0 Å². The Morgan fingerprint density at radius 3 is 2.42 bits per heavy atom. The molecule has 2 amide bonds. The van der Waals surface area contributed by atoms with Crippen molar-refractivity contribution >= 4 is 17.6 Å². The lowest BCUT2D eigenvalue weighted by molar-refractivity contribution is 0.0846. The lowest BCUT2D eigenvalue weighted by Crippen LogP contribution is -2.42. The number of amides is 2. The molecule has 126 valence electrons. The summed E-state index contributed by atoms with van der Waals surface area (Å²) in [6.07, 6.45) is 3.85. The zero-order valence-corrected chi connectivity index (χ0v) is 13.8. The minimum atomic E-state index is -0.413. The van der Waals surface area contributed by atoms with Gasteiger partial charge >= 0.3 is 0 Å². The number of aromatic nitrogens is 1. The van der Waals surface area contributed by atoms with Gasteiger partial charge < -0.3 is 9.32 Å². The molecule has 1 saturated heterocycles. The highest BCUT2D eigenvalue weighted by Crippen LogP contribution is 2.21. The second kappa shape index (κ2) is 6.74. The predicted molar refractivity (Wildman–Crippen MR) is 88.8 cm³/mol. The highest BCUT2D eigenvalue weighted by Gasteiger charge is 2.21. The monoisotopic (exact) mass is 328 g/mol. The summed E-state index contributed by atoms with van der Waals surface area (Å²) in [7, 11) is 0. The van der Waals surface area contributed by atoms with E-state index in [9.17, 15) is 9.59 Å². The molecule has 1 fully saturated rings. The average Bonchev–Trinajstić information content (AvgIpc) is 3.22. The van der Waals surface area contributed by atoms with Gasteiger partial charge in [0.1, 0.15) is 17.3 Å². The third kappa shape index (κ3) is 3.24. The highest BCUT2D eigenvalue weighted by molar-refractivity contribution is 6.02. The molecule has 1 aliphatic heterocycles. The quantitative estimate of drug-likeness (QED) is 0.841. The van der Waals surface area contributed by atoms with E-state index in [-0.39, 0.29) is 0 Å². The molecule has 0 atom stereocenters. The third-order valence-corrected chi connectivity index (χ3v) is 4.01. The standard InChI is InChI=1S/C17H20N4O3/c1-11-10-14(12(2)24-11)17(23)20-19-16(22)13-6-5-7-18-15(13)21-8-3-4-9-21/h5-7,10H,3-4,8-9H2,1-2H3,(H,19,22)(H,20,23). The van der Waals surface area contributed by atoms with E-state index in [2.05, 4.69) is 20.7 Å². The first-order chi connectivity index (χ1) is 11.6. The number of pyridine rings is 1. The zero-order chi connectivity index (χ0) is 17.1. The summed E-state index contributed by atoms with van der Waals surface area (Å²) in [5, 5.41) is 0. The van der Waals surface area contributed by atoms with Crippen LogP contribution in [0, 0.1) is 13.8 Å². The van der Waals surface area contributed by atoms with Crippen molar-refractivity contribution in [1.82, 2.24) is 15.8 Å². The number of carbonyl (C=O) groups excluding carboxylic acids is 2. The smallest absolute Gasteiger partial charge is 0.273 e. The summed E-state index contributed by atoms with van der Waals surface area (Å²) in [5.74, 6) is 1.00. The molecule has 0 aliphatic carbocycles. The average molecular weight is 328 g/mol. The normalized spacial score (nSPS) is 13.8. The first-order valence-electron chi connectivity index (χ1n) is 7.94. The van der Waals surface area contributed by atoms with Crippen molar-refractivity contribution in [3.05, 3.63) is 47.0 Å². The fourth-order valence-electron chi connectivity index (χ4n) is 2.86. The van der Waals surface area contributed by atoms with Crippen LogP contribution in [0.25, 0.3) is 0 Å². The summed E-state index contributed by atoms with van der Waals surface area (Å²) >= 11 is 0. The summed E-state index contributed by atoms with van der Waals surface area (Å²) in [4.78, 5) is 31.0. The summed E-state index contributed by atoms with van der Waals surface area (Å²) in [6.45, 7) is 5.24. The van der Waals surface area contributed by atoms with Crippen molar-refractivity contribution in [3.63, 3.8) is 0 Å². The maximum absolute atomic E-state index is 12.4. The van der Waals surface area contributed by atoms with E-state index in [4.69, 9.17) is 4.42 Å². The van der Waals surface area contributed by atoms with Gasteiger partial charge in [0, 0.05) is 19.3 Å². The van der Waals surface area contributed by atoms with E-state index in [0.29, 0.717) is 28.5 Å². The van der Waals surface area contributed by atoms with Crippen LogP contribution in [-0.2, 0) is 0 Å². The van der Waals surface area contributed by atoms with Gasteiger partial charge in [-0.1, -0.05) is 0 Å². The number of carbonyl (C=O) groups is 2. The number of aryl methyl sites for hydroxylation is 2. The minimum Gasteiger partial charge on any atom is -0.466 e. The largest absolute Gasteiger partial charge is 0.466 e. The molecule has 1 aliphatic rings. The van der Waals surface area contributed by atoms with Crippen molar-refractivity contribution in [2.45, 2.75) is 26.7 Å². The van der Waals surface area contributed by atoms with Crippen LogP contribution < -0.4 is 15.8 Å². The number of hydrazine groups is 1.